The van der Waals surface area contributed by atoms with E-state index in [1.165, 1.54) is 0 Å². The molecule has 1 N–H and O–H groups in total. The number of esters is 2. The Morgan fingerprint density at radius 1 is 1.10 bits per heavy atom. The van der Waals surface area contributed by atoms with Crippen LogP contribution >= 0.6 is 0 Å². The third-order valence-electron chi connectivity index (χ3n) is 2.30. The lowest BCUT2D eigenvalue weighted by Crippen LogP contribution is -2.19. The molecular formula is C13H14F3NO4. The van der Waals surface area contributed by atoms with Crippen molar-refractivity contribution in [2.45, 2.75) is 13.3 Å². The highest BCUT2D eigenvalue weighted by molar-refractivity contribution is 5.75. The summed E-state index contributed by atoms with van der Waals surface area (Å²) in [6.45, 7) is 1.34. The topological polar surface area (TPSA) is 64.6 Å². The van der Waals surface area contributed by atoms with E-state index in [1.54, 1.807) is 6.92 Å². The van der Waals surface area contributed by atoms with Gasteiger partial charge in [-0.25, -0.2) is 13.2 Å². The maximum absolute atomic E-state index is 12.9. The lowest BCUT2D eigenvalue weighted by molar-refractivity contribution is -0.148. The lowest BCUT2D eigenvalue weighted by atomic mass is 10.3. The van der Waals surface area contributed by atoms with Crippen molar-refractivity contribution in [1.82, 2.24) is 0 Å². The average Bonchev–Trinajstić information content (AvgIpc) is 2.42. The lowest BCUT2D eigenvalue weighted by Gasteiger charge is -2.08. The second-order valence-electron chi connectivity index (χ2n) is 3.88. The summed E-state index contributed by atoms with van der Waals surface area (Å²) in [4.78, 5) is 22.3. The van der Waals surface area contributed by atoms with Gasteiger partial charge in [0.15, 0.2) is 17.5 Å². The standard InChI is InChI=1S/C13H14F3NO4/c1-2-20-11(18)3-4-21-12(19)7-17-8-5-9(14)13(16)10(15)6-8/h5-6,17H,2-4,7H2,1H3. The summed E-state index contributed by atoms with van der Waals surface area (Å²) in [6, 6.07) is 1.43. The Hall–Kier alpha value is -2.25. The minimum atomic E-state index is -1.59. The summed E-state index contributed by atoms with van der Waals surface area (Å²) in [5.41, 5.74) is -0.103. The molecule has 0 fully saturated rings. The minimum Gasteiger partial charge on any atom is -0.466 e. The number of hydrogen-bond acceptors (Lipinski definition) is 5. The van der Waals surface area contributed by atoms with Crippen molar-refractivity contribution in [3.63, 3.8) is 0 Å². The van der Waals surface area contributed by atoms with Crippen LogP contribution in [0, 0.1) is 17.5 Å². The zero-order valence-corrected chi connectivity index (χ0v) is 11.3. The van der Waals surface area contributed by atoms with Gasteiger partial charge in [-0.1, -0.05) is 0 Å². The van der Waals surface area contributed by atoms with Crippen molar-refractivity contribution >= 4 is 17.6 Å². The van der Waals surface area contributed by atoms with Crippen LogP contribution in [0.25, 0.3) is 0 Å². The molecule has 0 aliphatic rings. The third kappa shape index (κ3) is 5.72. The van der Waals surface area contributed by atoms with Gasteiger partial charge in [-0.05, 0) is 6.92 Å². The van der Waals surface area contributed by atoms with Crippen LogP contribution in [0.4, 0.5) is 18.9 Å². The second-order valence-corrected chi connectivity index (χ2v) is 3.88. The van der Waals surface area contributed by atoms with Gasteiger partial charge in [-0.3, -0.25) is 9.59 Å². The molecule has 0 atom stereocenters. The molecule has 0 spiro atoms. The number of anilines is 1. The van der Waals surface area contributed by atoms with Gasteiger partial charge < -0.3 is 14.8 Å². The number of carbonyl (C=O) groups excluding carboxylic acids is 2. The Labute approximate surface area is 119 Å². The number of hydrogen-bond donors (Lipinski definition) is 1. The van der Waals surface area contributed by atoms with Crippen LogP contribution in [-0.2, 0) is 19.1 Å². The normalized spacial score (nSPS) is 10.1. The molecular weight excluding hydrogens is 291 g/mol. The molecule has 0 aromatic heterocycles. The summed E-state index contributed by atoms with van der Waals surface area (Å²) < 4.78 is 47.8. The molecule has 0 radical (unpaired) electrons. The Balaban J connectivity index is 2.35. The third-order valence-corrected chi connectivity index (χ3v) is 2.30. The number of carbonyl (C=O) groups is 2. The van der Waals surface area contributed by atoms with E-state index in [0.29, 0.717) is 12.1 Å². The highest BCUT2D eigenvalue weighted by atomic mass is 19.2. The first-order valence-electron chi connectivity index (χ1n) is 6.13. The predicted molar refractivity (Wildman–Crippen MR) is 67.0 cm³/mol. The molecule has 5 nitrogen and oxygen atoms in total. The van der Waals surface area contributed by atoms with Gasteiger partial charge in [0.1, 0.15) is 13.2 Å². The van der Waals surface area contributed by atoms with Crippen molar-refractivity contribution in [2.24, 2.45) is 0 Å². The molecule has 0 amide bonds. The first-order chi connectivity index (χ1) is 9.93. The molecule has 8 heteroatoms. The molecule has 1 aromatic rings. The monoisotopic (exact) mass is 305 g/mol. The Morgan fingerprint density at radius 3 is 2.29 bits per heavy atom. The Morgan fingerprint density at radius 2 is 1.71 bits per heavy atom. The highest BCUT2D eigenvalue weighted by Crippen LogP contribution is 2.16. The average molecular weight is 305 g/mol. The van der Waals surface area contributed by atoms with Crippen LogP contribution in [0.2, 0.25) is 0 Å². The highest BCUT2D eigenvalue weighted by Gasteiger charge is 2.11. The first kappa shape index (κ1) is 16.8. The fourth-order valence-electron chi connectivity index (χ4n) is 1.36. The number of rotatable bonds is 7. The maximum Gasteiger partial charge on any atom is 0.325 e. The van der Waals surface area contributed by atoms with Crippen molar-refractivity contribution in [3.8, 4) is 0 Å². The smallest absolute Gasteiger partial charge is 0.325 e. The molecule has 0 aliphatic heterocycles. The molecule has 0 saturated carbocycles. The van der Waals surface area contributed by atoms with Crippen molar-refractivity contribution < 1.29 is 32.2 Å². The van der Waals surface area contributed by atoms with E-state index >= 15 is 0 Å². The van der Waals surface area contributed by atoms with Gasteiger partial charge in [-0.2, -0.15) is 0 Å². The summed E-state index contributed by atoms with van der Waals surface area (Å²) in [5, 5.41) is 2.38. The second kappa shape index (κ2) is 8.13. The van der Waals surface area contributed by atoms with Crippen molar-refractivity contribution in [1.29, 1.82) is 0 Å². The molecule has 0 unspecified atom stereocenters. The van der Waals surface area contributed by atoms with Crippen LogP contribution in [-0.4, -0.2) is 31.7 Å². The van der Waals surface area contributed by atoms with E-state index < -0.39 is 29.4 Å². The van der Waals surface area contributed by atoms with Gasteiger partial charge in [0.2, 0.25) is 0 Å². The number of nitrogens with one attached hydrogen (secondary N) is 1. The van der Waals surface area contributed by atoms with E-state index in [9.17, 15) is 22.8 Å². The number of benzene rings is 1. The summed E-state index contributed by atoms with van der Waals surface area (Å²) in [5.74, 6) is -5.55. The van der Waals surface area contributed by atoms with Crippen LogP contribution in [0.1, 0.15) is 13.3 Å². The molecule has 116 valence electrons. The summed E-state index contributed by atoms with van der Waals surface area (Å²) >= 11 is 0. The molecule has 1 rings (SSSR count). The van der Waals surface area contributed by atoms with E-state index in [4.69, 9.17) is 4.74 Å². The SMILES string of the molecule is CCOC(=O)CCOC(=O)CNc1cc(F)c(F)c(F)c1. The fraction of sp³-hybridized carbons (Fsp3) is 0.385. The minimum absolute atomic E-state index is 0.0839. The molecule has 0 saturated heterocycles. The van der Waals surface area contributed by atoms with Gasteiger partial charge in [0.05, 0.1) is 13.0 Å². The summed E-state index contributed by atoms with van der Waals surface area (Å²) in [7, 11) is 0. The predicted octanol–water partition coefficient (Wildman–Crippen LogP) is 2.01. The van der Waals surface area contributed by atoms with Crippen LogP contribution in [0.5, 0.6) is 0 Å². The van der Waals surface area contributed by atoms with Crippen LogP contribution < -0.4 is 5.32 Å². The van der Waals surface area contributed by atoms with Gasteiger partial charge in [-0.15, -0.1) is 0 Å². The van der Waals surface area contributed by atoms with Crippen LogP contribution in [0.3, 0.4) is 0 Å². The van der Waals surface area contributed by atoms with Crippen molar-refractivity contribution in [2.75, 3.05) is 25.1 Å². The first-order valence-corrected chi connectivity index (χ1v) is 6.13. The molecule has 0 heterocycles. The zero-order valence-electron chi connectivity index (χ0n) is 11.3. The molecule has 1 aromatic carbocycles. The Bertz CT molecular complexity index is 499. The van der Waals surface area contributed by atoms with E-state index in [0.717, 1.165) is 0 Å². The van der Waals surface area contributed by atoms with E-state index in [1.807, 2.05) is 0 Å². The number of halogens is 3. The van der Waals surface area contributed by atoms with Gasteiger partial charge in [0.25, 0.3) is 0 Å². The number of ether oxygens (including phenoxy) is 2. The van der Waals surface area contributed by atoms with Gasteiger partial charge in [0, 0.05) is 17.8 Å². The zero-order chi connectivity index (χ0) is 15.8. The van der Waals surface area contributed by atoms with E-state index in [2.05, 4.69) is 10.1 Å². The van der Waals surface area contributed by atoms with Gasteiger partial charge >= 0.3 is 11.9 Å². The van der Waals surface area contributed by atoms with Crippen molar-refractivity contribution in [3.05, 3.63) is 29.6 Å². The van der Waals surface area contributed by atoms with Crippen LogP contribution in [0.15, 0.2) is 12.1 Å². The molecule has 0 aliphatic carbocycles. The molecule has 21 heavy (non-hydrogen) atoms. The van der Waals surface area contributed by atoms with E-state index in [-0.39, 0.29) is 31.9 Å². The maximum atomic E-state index is 12.9. The Kier molecular flexibility index (Phi) is 6.51. The molecule has 0 bridgehead atoms. The largest absolute Gasteiger partial charge is 0.466 e. The quantitative estimate of drug-likeness (QED) is 0.616. The fourth-order valence-corrected chi connectivity index (χ4v) is 1.36. The summed E-state index contributed by atoms with van der Waals surface area (Å²) in [6.07, 6.45) is -0.0839.